The maximum Gasteiger partial charge on any atom is 0.0861 e. The highest BCUT2D eigenvalue weighted by atomic mass is 79.9. The third kappa shape index (κ3) is 2.44. The average Bonchev–Trinajstić information content (AvgIpc) is 1.95. The predicted molar refractivity (Wildman–Crippen MR) is 64.5 cm³/mol. The summed E-state index contributed by atoms with van der Waals surface area (Å²) >= 11 is 14.6. The van der Waals surface area contributed by atoms with Gasteiger partial charge in [0, 0.05) is 4.83 Å². The van der Waals surface area contributed by atoms with E-state index >= 15 is 0 Å². The molecule has 11 heavy (non-hydrogen) atoms. The maximum atomic E-state index is 3.78. The fraction of sp³-hybridized carbons (Fsp3) is 1.00. The molecule has 0 nitrogen and oxygen atoms in total. The van der Waals surface area contributed by atoms with Crippen LogP contribution in [0.1, 0.15) is 25.7 Å². The first-order valence-corrected chi connectivity index (χ1v) is 7.22. The Bertz CT molecular complexity index is 136. The van der Waals surface area contributed by atoms with Crippen molar-refractivity contribution in [3.63, 3.8) is 0 Å². The zero-order chi connectivity index (χ0) is 8.48. The highest BCUT2D eigenvalue weighted by Gasteiger charge is 2.41. The summed E-state index contributed by atoms with van der Waals surface area (Å²) in [5.74, 6) is 0. The molecule has 0 bridgehead atoms. The first-order chi connectivity index (χ1) is 5.07. The lowest BCUT2D eigenvalue weighted by molar-refractivity contribution is 0.446. The van der Waals surface area contributed by atoms with Crippen molar-refractivity contribution in [2.45, 2.75) is 38.6 Å². The topological polar surface area (TPSA) is 0 Å². The van der Waals surface area contributed by atoms with Crippen molar-refractivity contribution in [2.24, 2.45) is 0 Å². The molecule has 1 rings (SSSR count). The Morgan fingerprint density at radius 1 is 1.27 bits per heavy atom. The Kier molecular flexibility index (Phi) is 4.43. The van der Waals surface area contributed by atoms with Gasteiger partial charge >= 0.3 is 0 Å². The van der Waals surface area contributed by atoms with Crippen LogP contribution < -0.4 is 0 Å². The van der Waals surface area contributed by atoms with Crippen molar-refractivity contribution in [2.75, 3.05) is 0 Å². The standard InChI is InChI=1S/C7H10Br4/c8-5-3-1-2-4-7(5,11)6(9)10/h5-6H,1-4H2. The van der Waals surface area contributed by atoms with E-state index in [9.17, 15) is 0 Å². The quantitative estimate of drug-likeness (QED) is 0.552. The summed E-state index contributed by atoms with van der Waals surface area (Å²) in [5.41, 5.74) is 0. The van der Waals surface area contributed by atoms with E-state index in [-0.39, 0.29) is 4.32 Å². The molecule has 0 heterocycles. The molecule has 0 radical (unpaired) electrons. The minimum absolute atomic E-state index is 0.200. The number of alkyl halides is 4. The molecule has 66 valence electrons. The van der Waals surface area contributed by atoms with E-state index in [1.54, 1.807) is 0 Å². The fourth-order valence-electron chi connectivity index (χ4n) is 1.36. The zero-order valence-corrected chi connectivity index (χ0v) is 12.3. The largest absolute Gasteiger partial charge is 0.0875 e. The molecular weight excluding hydrogens is 404 g/mol. The van der Waals surface area contributed by atoms with E-state index in [1.165, 1.54) is 25.7 Å². The van der Waals surface area contributed by atoms with Crippen LogP contribution >= 0.6 is 63.7 Å². The van der Waals surface area contributed by atoms with E-state index < -0.39 is 0 Å². The molecule has 0 aliphatic heterocycles. The third-order valence-electron chi connectivity index (χ3n) is 2.15. The Hall–Kier alpha value is 1.92. The fourth-order valence-corrected chi connectivity index (χ4v) is 4.49. The van der Waals surface area contributed by atoms with Gasteiger partial charge in [-0.2, -0.15) is 0 Å². The Labute approximate surface area is 101 Å². The maximum absolute atomic E-state index is 3.78. The molecule has 1 aliphatic rings. The first kappa shape index (κ1) is 11.0. The molecule has 0 aromatic rings. The van der Waals surface area contributed by atoms with Gasteiger partial charge in [0.15, 0.2) is 0 Å². The number of hydrogen-bond acceptors (Lipinski definition) is 0. The number of rotatable bonds is 1. The van der Waals surface area contributed by atoms with E-state index in [0.717, 1.165) is 0 Å². The van der Waals surface area contributed by atoms with Gasteiger partial charge in [-0.05, 0) is 12.8 Å². The van der Waals surface area contributed by atoms with Gasteiger partial charge < -0.3 is 0 Å². The van der Waals surface area contributed by atoms with E-state index in [1.807, 2.05) is 0 Å². The van der Waals surface area contributed by atoms with E-state index in [4.69, 9.17) is 0 Å². The third-order valence-corrected chi connectivity index (χ3v) is 8.31. The van der Waals surface area contributed by atoms with Gasteiger partial charge in [-0.3, -0.25) is 0 Å². The van der Waals surface area contributed by atoms with Crippen LogP contribution in [-0.2, 0) is 0 Å². The summed E-state index contributed by atoms with van der Waals surface area (Å²) in [6.07, 6.45) is 5.15. The van der Waals surface area contributed by atoms with Crippen molar-refractivity contribution >= 4 is 63.7 Å². The molecule has 0 spiro atoms. The van der Waals surface area contributed by atoms with Crippen LogP contribution in [0, 0.1) is 0 Å². The highest BCUT2D eigenvalue weighted by Crippen LogP contribution is 2.47. The van der Waals surface area contributed by atoms with Gasteiger partial charge in [0.05, 0.1) is 8.06 Å². The average molecular weight is 414 g/mol. The predicted octanol–water partition coefficient (Wildman–Crippen LogP) is 4.57. The van der Waals surface area contributed by atoms with Crippen LogP contribution in [0.5, 0.6) is 0 Å². The minimum Gasteiger partial charge on any atom is -0.0875 e. The van der Waals surface area contributed by atoms with Crippen molar-refractivity contribution < 1.29 is 0 Å². The Balaban J connectivity index is 2.64. The van der Waals surface area contributed by atoms with E-state index in [0.29, 0.717) is 8.56 Å². The molecule has 0 N–H and O–H groups in total. The molecule has 0 amide bonds. The molecule has 4 heteroatoms. The minimum atomic E-state index is 0.200. The summed E-state index contributed by atoms with van der Waals surface area (Å²) in [6.45, 7) is 0. The van der Waals surface area contributed by atoms with Crippen molar-refractivity contribution in [3.05, 3.63) is 0 Å². The molecule has 1 fully saturated rings. The van der Waals surface area contributed by atoms with Gasteiger partial charge in [-0.1, -0.05) is 76.6 Å². The lowest BCUT2D eigenvalue weighted by atomic mass is 9.90. The van der Waals surface area contributed by atoms with Crippen molar-refractivity contribution in [3.8, 4) is 0 Å². The molecule has 2 unspecified atom stereocenters. The smallest absolute Gasteiger partial charge is 0.0861 e. The summed E-state index contributed by atoms with van der Waals surface area (Å²) in [6, 6.07) is 0. The lowest BCUT2D eigenvalue weighted by Gasteiger charge is -2.37. The molecule has 0 aromatic carbocycles. The van der Waals surface area contributed by atoms with Crippen LogP contribution in [0.2, 0.25) is 0 Å². The molecular formula is C7H10Br4. The van der Waals surface area contributed by atoms with E-state index in [2.05, 4.69) is 63.7 Å². The first-order valence-electron chi connectivity index (χ1n) is 3.68. The second kappa shape index (κ2) is 4.43. The van der Waals surface area contributed by atoms with Gasteiger partial charge in [0.1, 0.15) is 0 Å². The second-order valence-corrected chi connectivity index (χ2v) is 8.58. The Morgan fingerprint density at radius 2 is 1.91 bits per heavy atom. The SMILES string of the molecule is BrC(Br)C1(Br)CCCCC1Br. The summed E-state index contributed by atoms with van der Waals surface area (Å²) < 4.78 is 0.554. The zero-order valence-electron chi connectivity index (χ0n) is 5.99. The van der Waals surface area contributed by atoms with Crippen molar-refractivity contribution in [1.82, 2.24) is 0 Å². The van der Waals surface area contributed by atoms with Crippen LogP contribution in [0.25, 0.3) is 0 Å². The summed E-state index contributed by atoms with van der Waals surface area (Å²) in [5, 5.41) is 0. The van der Waals surface area contributed by atoms with Gasteiger partial charge in [0.2, 0.25) is 0 Å². The summed E-state index contributed by atoms with van der Waals surface area (Å²) in [7, 11) is 0. The number of hydrogen-bond donors (Lipinski definition) is 0. The second-order valence-electron chi connectivity index (χ2n) is 2.94. The highest BCUT2D eigenvalue weighted by molar-refractivity contribution is 9.25. The monoisotopic (exact) mass is 410 g/mol. The molecule has 1 aliphatic carbocycles. The lowest BCUT2D eigenvalue weighted by Crippen LogP contribution is -2.40. The van der Waals surface area contributed by atoms with Crippen LogP contribution in [-0.4, -0.2) is 12.9 Å². The summed E-state index contributed by atoms with van der Waals surface area (Å²) in [4.78, 5) is 0.576. The number of halogens is 4. The van der Waals surface area contributed by atoms with Crippen LogP contribution in [0.4, 0.5) is 0 Å². The van der Waals surface area contributed by atoms with Gasteiger partial charge in [-0.15, -0.1) is 0 Å². The van der Waals surface area contributed by atoms with Crippen molar-refractivity contribution in [1.29, 1.82) is 0 Å². The normalized spacial score (nSPS) is 39.5. The van der Waals surface area contributed by atoms with Gasteiger partial charge in [-0.25, -0.2) is 0 Å². The molecule has 0 aromatic heterocycles. The van der Waals surface area contributed by atoms with Crippen LogP contribution in [0.15, 0.2) is 0 Å². The van der Waals surface area contributed by atoms with Gasteiger partial charge in [0.25, 0.3) is 0 Å². The molecule has 2 atom stereocenters. The van der Waals surface area contributed by atoms with Crippen LogP contribution in [0.3, 0.4) is 0 Å². The molecule has 1 saturated carbocycles. The molecule has 0 saturated heterocycles. The Morgan fingerprint density at radius 3 is 2.27 bits per heavy atom.